The highest BCUT2D eigenvalue weighted by Crippen LogP contribution is 2.38. The SMILES string of the molecule is Cc1nc(C2=C(O)CN(c3cccc(Cl)c3Cl)C2=N)sc1C. The van der Waals surface area contributed by atoms with Crippen LogP contribution in [0.15, 0.2) is 24.0 Å². The van der Waals surface area contributed by atoms with Crippen LogP contribution in [0.1, 0.15) is 15.6 Å². The van der Waals surface area contributed by atoms with Crippen molar-refractivity contribution in [2.45, 2.75) is 13.8 Å². The molecule has 0 atom stereocenters. The lowest BCUT2D eigenvalue weighted by atomic mass is 10.2. The lowest BCUT2D eigenvalue weighted by Gasteiger charge is -2.20. The van der Waals surface area contributed by atoms with Crippen LogP contribution >= 0.6 is 34.5 Å². The van der Waals surface area contributed by atoms with E-state index in [2.05, 4.69) is 4.98 Å². The molecule has 22 heavy (non-hydrogen) atoms. The minimum atomic E-state index is 0.120. The van der Waals surface area contributed by atoms with Gasteiger partial charge in [-0.1, -0.05) is 29.3 Å². The maximum atomic E-state index is 10.3. The van der Waals surface area contributed by atoms with Crippen molar-refractivity contribution < 1.29 is 5.11 Å². The number of hydrogen-bond acceptors (Lipinski definition) is 4. The van der Waals surface area contributed by atoms with E-state index in [1.54, 1.807) is 23.1 Å². The summed E-state index contributed by atoms with van der Waals surface area (Å²) in [5.41, 5.74) is 1.97. The van der Waals surface area contributed by atoms with Crippen LogP contribution in [0.4, 0.5) is 5.69 Å². The summed E-state index contributed by atoms with van der Waals surface area (Å²) in [4.78, 5) is 7.14. The average Bonchev–Trinajstić information content (AvgIpc) is 2.93. The Balaban J connectivity index is 2.01. The first-order valence-electron chi connectivity index (χ1n) is 6.57. The lowest BCUT2D eigenvalue weighted by Crippen LogP contribution is -2.26. The largest absolute Gasteiger partial charge is 0.510 e. The molecule has 0 saturated carbocycles. The molecule has 114 valence electrons. The summed E-state index contributed by atoms with van der Waals surface area (Å²) in [5.74, 6) is 0.296. The van der Waals surface area contributed by atoms with Gasteiger partial charge in [-0.15, -0.1) is 11.3 Å². The highest BCUT2D eigenvalue weighted by atomic mass is 35.5. The number of hydrogen-bond donors (Lipinski definition) is 2. The number of amidine groups is 1. The molecule has 0 spiro atoms. The van der Waals surface area contributed by atoms with Crippen LogP contribution in [0.2, 0.25) is 10.0 Å². The van der Waals surface area contributed by atoms with Crippen LogP contribution in [0, 0.1) is 19.3 Å². The van der Waals surface area contributed by atoms with Crippen molar-refractivity contribution in [2.75, 3.05) is 11.4 Å². The summed E-state index contributed by atoms with van der Waals surface area (Å²) < 4.78 is 0. The first kappa shape index (κ1) is 15.3. The van der Waals surface area contributed by atoms with Crippen molar-refractivity contribution in [1.82, 2.24) is 4.98 Å². The van der Waals surface area contributed by atoms with Gasteiger partial charge in [-0.2, -0.15) is 0 Å². The van der Waals surface area contributed by atoms with E-state index in [1.165, 1.54) is 11.3 Å². The molecule has 0 aliphatic carbocycles. The van der Waals surface area contributed by atoms with Gasteiger partial charge in [0.25, 0.3) is 0 Å². The van der Waals surface area contributed by atoms with Crippen molar-refractivity contribution >= 4 is 51.6 Å². The van der Waals surface area contributed by atoms with Gasteiger partial charge in [0.1, 0.15) is 16.6 Å². The third-order valence-corrected chi connectivity index (χ3v) is 5.47. The second-order valence-electron chi connectivity index (χ2n) is 4.99. The molecule has 1 aromatic carbocycles. The van der Waals surface area contributed by atoms with Crippen molar-refractivity contribution in [1.29, 1.82) is 5.41 Å². The quantitative estimate of drug-likeness (QED) is 0.812. The molecule has 7 heteroatoms. The molecule has 4 nitrogen and oxygen atoms in total. The van der Waals surface area contributed by atoms with E-state index >= 15 is 0 Å². The predicted octanol–water partition coefficient (Wildman–Crippen LogP) is 4.83. The maximum absolute atomic E-state index is 10.3. The van der Waals surface area contributed by atoms with Gasteiger partial charge in [-0.25, -0.2) is 4.98 Å². The topological polar surface area (TPSA) is 60.2 Å². The Bertz CT molecular complexity index is 794. The van der Waals surface area contributed by atoms with Gasteiger partial charge in [-0.05, 0) is 26.0 Å². The minimum Gasteiger partial charge on any atom is -0.510 e. The Kier molecular flexibility index (Phi) is 3.89. The Labute approximate surface area is 142 Å². The molecule has 1 aliphatic heterocycles. The number of nitrogens with one attached hydrogen (secondary N) is 1. The van der Waals surface area contributed by atoms with Crippen molar-refractivity contribution in [3.8, 4) is 0 Å². The van der Waals surface area contributed by atoms with Crippen LogP contribution < -0.4 is 4.90 Å². The second-order valence-corrected chi connectivity index (χ2v) is 6.98. The Hall–Kier alpha value is -1.56. The molecule has 0 saturated heterocycles. The number of thiazole rings is 1. The number of nitrogens with zero attached hydrogens (tertiary/aromatic N) is 2. The smallest absolute Gasteiger partial charge is 0.139 e. The molecule has 0 fully saturated rings. The van der Waals surface area contributed by atoms with Gasteiger partial charge in [-0.3, -0.25) is 5.41 Å². The number of halogens is 2. The first-order valence-corrected chi connectivity index (χ1v) is 8.14. The van der Waals surface area contributed by atoms with Crippen LogP contribution in [0.3, 0.4) is 0 Å². The van der Waals surface area contributed by atoms with Gasteiger partial charge in [0.2, 0.25) is 0 Å². The van der Waals surface area contributed by atoms with Gasteiger partial charge in [0.15, 0.2) is 0 Å². The maximum Gasteiger partial charge on any atom is 0.139 e. The molecule has 0 amide bonds. The summed E-state index contributed by atoms with van der Waals surface area (Å²) in [6.07, 6.45) is 0. The Morgan fingerprint density at radius 3 is 2.68 bits per heavy atom. The molecule has 0 unspecified atom stereocenters. The summed E-state index contributed by atoms with van der Waals surface area (Å²) >= 11 is 13.7. The van der Waals surface area contributed by atoms with Gasteiger partial charge < -0.3 is 10.0 Å². The number of aromatic nitrogens is 1. The second kappa shape index (κ2) is 5.57. The van der Waals surface area contributed by atoms with Crippen molar-refractivity contribution in [3.63, 3.8) is 0 Å². The summed E-state index contributed by atoms with van der Waals surface area (Å²) in [6, 6.07) is 5.23. The lowest BCUT2D eigenvalue weighted by molar-refractivity contribution is 0.411. The molecule has 0 bridgehead atoms. The molecule has 1 aliphatic rings. The third kappa shape index (κ3) is 2.39. The zero-order chi connectivity index (χ0) is 16.0. The molecule has 2 aromatic rings. The van der Waals surface area contributed by atoms with Crippen molar-refractivity contribution in [2.24, 2.45) is 0 Å². The fourth-order valence-corrected chi connectivity index (χ4v) is 3.67. The zero-order valence-electron chi connectivity index (χ0n) is 11.9. The molecule has 1 aromatic heterocycles. The predicted molar refractivity (Wildman–Crippen MR) is 92.7 cm³/mol. The normalized spacial score (nSPS) is 15.1. The number of aliphatic hydroxyl groups is 1. The molecule has 2 heterocycles. The number of rotatable bonds is 2. The van der Waals surface area contributed by atoms with Crippen LogP contribution in [0.5, 0.6) is 0 Å². The molecule has 3 rings (SSSR count). The Morgan fingerprint density at radius 2 is 2.05 bits per heavy atom. The van der Waals surface area contributed by atoms with Crippen LogP contribution in [-0.4, -0.2) is 22.5 Å². The molecular formula is C15H13Cl2N3OS. The summed E-state index contributed by atoms with van der Waals surface area (Å²) in [5, 5.41) is 20.1. The zero-order valence-corrected chi connectivity index (χ0v) is 14.3. The van der Waals surface area contributed by atoms with Gasteiger partial charge in [0, 0.05) is 4.88 Å². The number of anilines is 1. The fourth-order valence-electron chi connectivity index (χ4n) is 2.29. The standard InChI is InChI=1S/C15H13Cl2N3OS/c1-7-8(2)22-15(19-7)12-11(21)6-20(14(12)18)10-5-3-4-9(16)13(10)17/h3-5,18,21H,6H2,1-2H3. The fraction of sp³-hybridized carbons (Fsp3) is 0.200. The average molecular weight is 354 g/mol. The molecular weight excluding hydrogens is 341 g/mol. The van der Waals surface area contributed by atoms with E-state index in [9.17, 15) is 5.11 Å². The van der Waals surface area contributed by atoms with E-state index in [-0.39, 0.29) is 18.1 Å². The van der Waals surface area contributed by atoms with Crippen molar-refractivity contribution in [3.05, 3.63) is 49.6 Å². The highest BCUT2D eigenvalue weighted by molar-refractivity contribution is 7.13. The van der Waals surface area contributed by atoms with E-state index in [4.69, 9.17) is 28.6 Å². The van der Waals surface area contributed by atoms with E-state index in [0.29, 0.717) is 26.3 Å². The highest BCUT2D eigenvalue weighted by Gasteiger charge is 2.32. The minimum absolute atomic E-state index is 0.120. The first-order chi connectivity index (χ1) is 10.4. The molecule has 0 radical (unpaired) electrons. The Morgan fingerprint density at radius 1 is 1.32 bits per heavy atom. The number of aryl methyl sites for hydroxylation is 2. The monoisotopic (exact) mass is 353 g/mol. The number of aliphatic hydroxyl groups excluding tert-OH is 1. The summed E-state index contributed by atoms with van der Waals surface area (Å²) in [7, 11) is 0. The van der Waals surface area contributed by atoms with Crippen LogP contribution in [-0.2, 0) is 0 Å². The van der Waals surface area contributed by atoms with Gasteiger partial charge >= 0.3 is 0 Å². The number of benzene rings is 1. The van der Waals surface area contributed by atoms with Crippen LogP contribution in [0.25, 0.3) is 5.57 Å². The third-order valence-electron chi connectivity index (χ3n) is 3.57. The van der Waals surface area contributed by atoms with E-state index < -0.39 is 0 Å². The van der Waals surface area contributed by atoms with E-state index in [1.807, 2.05) is 13.8 Å². The van der Waals surface area contributed by atoms with Gasteiger partial charge in [0.05, 0.1) is 33.5 Å². The summed E-state index contributed by atoms with van der Waals surface area (Å²) in [6.45, 7) is 4.07. The van der Waals surface area contributed by atoms with E-state index in [0.717, 1.165) is 10.6 Å². The molecule has 2 N–H and O–H groups in total.